The molecule has 1 aromatic heterocycles. The van der Waals surface area contributed by atoms with Gasteiger partial charge in [-0.15, -0.1) is 11.3 Å². The van der Waals surface area contributed by atoms with Gasteiger partial charge in [0.15, 0.2) is 0 Å². The van der Waals surface area contributed by atoms with Crippen molar-refractivity contribution in [1.82, 2.24) is 5.32 Å². The minimum atomic E-state index is 0.308. The summed E-state index contributed by atoms with van der Waals surface area (Å²) < 4.78 is 2.35. The van der Waals surface area contributed by atoms with Crippen LogP contribution in [0.15, 0.2) is 56.1 Å². The van der Waals surface area contributed by atoms with Gasteiger partial charge in [-0.2, -0.15) is 0 Å². The maximum absolute atomic E-state index is 3.66. The van der Waals surface area contributed by atoms with Gasteiger partial charge in [0.25, 0.3) is 0 Å². The third kappa shape index (κ3) is 3.39. The van der Waals surface area contributed by atoms with Crippen LogP contribution in [0, 0.1) is 0 Å². The van der Waals surface area contributed by atoms with Crippen molar-refractivity contribution in [2.75, 3.05) is 7.05 Å². The van der Waals surface area contributed by atoms with Gasteiger partial charge in [0.2, 0.25) is 0 Å². The van der Waals surface area contributed by atoms with Crippen molar-refractivity contribution in [3.63, 3.8) is 0 Å². The topological polar surface area (TPSA) is 12.0 Å². The molecule has 0 saturated heterocycles. The first-order chi connectivity index (χ1) is 10.2. The summed E-state index contributed by atoms with van der Waals surface area (Å²) in [6.45, 7) is 0. The van der Waals surface area contributed by atoms with Crippen molar-refractivity contribution in [3.05, 3.63) is 67.2 Å². The van der Waals surface area contributed by atoms with E-state index in [9.17, 15) is 0 Å². The lowest BCUT2D eigenvalue weighted by molar-refractivity contribution is 0.592. The van der Waals surface area contributed by atoms with Crippen molar-refractivity contribution < 1.29 is 0 Å². The third-order valence-corrected chi connectivity index (χ3v) is 6.05. The Morgan fingerprint density at radius 1 is 1.05 bits per heavy atom. The molecule has 1 unspecified atom stereocenters. The summed E-state index contributed by atoms with van der Waals surface area (Å²) in [6.07, 6.45) is 0.975. The lowest BCUT2D eigenvalue weighted by atomic mass is 9.99. The lowest BCUT2D eigenvalue weighted by Crippen LogP contribution is -2.18. The quantitative estimate of drug-likeness (QED) is 0.547. The van der Waals surface area contributed by atoms with Crippen LogP contribution in [0.3, 0.4) is 0 Å². The van der Waals surface area contributed by atoms with Crippen LogP contribution < -0.4 is 5.32 Å². The highest BCUT2D eigenvalue weighted by Crippen LogP contribution is 2.36. The molecule has 2 aromatic carbocycles. The molecule has 0 aliphatic heterocycles. The summed E-state index contributed by atoms with van der Waals surface area (Å²) in [6, 6.07) is 17.7. The summed E-state index contributed by atoms with van der Waals surface area (Å²) in [4.78, 5) is 0. The van der Waals surface area contributed by atoms with Gasteiger partial charge in [-0.25, -0.2) is 0 Å². The molecule has 0 bridgehead atoms. The molecule has 0 aliphatic carbocycles. The summed E-state index contributed by atoms with van der Waals surface area (Å²) >= 11 is 8.94. The minimum absolute atomic E-state index is 0.308. The van der Waals surface area contributed by atoms with E-state index in [4.69, 9.17) is 0 Å². The van der Waals surface area contributed by atoms with E-state index in [0.29, 0.717) is 6.04 Å². The highest BCUT2D eigenvalue weighted by molar-refractivity contribution is 9.12. The SMILES string of the molecule is CNC(Cc1ccc2ccccc2c1)c1cc(Br)sc1Br. The summed E-state index contributed by atoms with van der Waals surface area (Å²) in [5, 5.41) is 6.02. The number of likely N-dealkylation sites (N-methyl/N-ethyl adjacent to an activating group) is 1. The molecule has 4 heteroatoms. The predicted molar refractivity (Wildman–Crippen MR) is 99.2 cm³/mol. The van der Waals surface area contributed by atoms with Gasteiger partial charge < -0.3 is 5.32 Å². The van der Waals surface area contributed by atoms with Gasteiger partial charge in [0, 0.05) is 6.04 Å². The molecule has 3 aromatic rings. The van der Waals surface area contributed by atoms with Crippen LogP contribution in [0.1, 0.15) is 17.2 Å². The Morgan fingerprint density at radius 2 is 1.81 bits per heavy atom. The molecule has 0 amide bonds. The molecule has 0 radical (unpaired) electrons. The highest BCUT2D eigenvalue weighted by atomic mass is 79.9. The van der Waals surface area contributed by atoms with Crippen molar-refractivity contribution in [2.24, 2.45) is 0 Å². The Hall–Kier alpha value is -0.680. The van der Waals surface area contributed by atoms with Gasteiger partial charge in [-0.3, -0.25) is 0 Å². The maximum atomic E-state index is 3.66. The van der Waals surface area contributed by atoms with Crippen molar-refractivity contribution in [2.45, 2.75) is 12.5 Å². The second kappa shape index (κ2) is 6.61. The zero-order valence-electron chi connectivity index (χ0n) is 11.6. The second-order valence-corrected chi connectivity index (χ2v) is 8.76. The van der Waals surface area contributed by atoms with E-state index in [1.54, 1.807) is 11.3 Å². The molecule has 1 atom stereocenters. The summed E-state index contributed by atoms with van der Waals surface area (Å²) in [5.41, 5.74) is 2.66. The first kappa shape index (κ1) is 15.2. The predicted octanol–water partition coefficient (Wildman–Crippen LogP) is 5.93. The molecule has 0 spiro atoms. The van der Waals surface area contributed by atoms with Crippen molar-refractivity contribution in [3.8, 4) is 0 Å². The number of fused-ring (bicyclic) bond motifs is 1. The number of benzene rings is 2. The Bertz CT molecular complexity index is 766. The fourth-order valence-corrected chi connectivity index (χ4v) is 5.53. The monoisotopic (exact) mass is 423 g/mol. The molecule has 21 heavy (non-hydrogen) atoms. The molecule has 1 nitrogen and oxygen atoms in total. The van der Waals surface area contributed by atoms with E-state index in [-0.39, 0.29) is 0 Å². The average Bonchev–Trinajstić information content (AvgIpc) is 2.83. The van der Waals surface area contributed by atoms with Gasteiger partial charge in [-0.05, 0) is 73.3 Å². The molecule has 3 rings (SSSR count). The van der Waals surface area contributed by atoms with E-state index in [1.807, 2.05) is 7.05 Å². The van der Waals surface area contributed by atoms with E-state index in [0.717, 1.165) is 10.2 Å². The van der Waals surface area contributed by atoms with Crippen LogP contribution in [0.2, 0.25) is 0 Å². The van der Waals surface area contributed by atoms with Gasteiger partial charge in [-0.1, -0.05) is 42.5 Å². The van der Waals surface area contributed by atoms with Crippen molar-refractivity contribution in [1.29, 1.82) is 0 Å². The summed E-state index contributed by atoms with van der Waals surface area (Å²) in [7, 11) is 2.02. The van der Waals surface area contributed by atoms with E-state index >= 15 is 0 Å². The molecule has 0 aliphatic rings. The molecular weight excluding hydrogens is 410 g/mol. The van der Waals surface area contributed by atoms with E-state index < -0.39 is 0 Å². The molecule has 1 heterocycles. The van der Waals surface area contributed by atoms with Crippen LogP contribution in [0.4, 0.5) is 0 Å². The van der Waals surface area contributed by atoms with E-state index in [2.05, 4.69) is 85.7 Å². The van der Waals surface area contributed by atoms with Gasteiger partial charge in [0.05, 0.1) is 7.57 Å². The van der Waals surface area contributed by atoms with Gasteiger partial charge >= 0.3 is 0 Å². The first-order valence-electron chi connectivity index (χ1n) is 6.77. The highest BCUT2D eigenvalue weighted by Gasteiger charge is 2.16. The smallest absolute Gasteiger partial charge is 0.0758 e. The number of rotatable bonds is 4. The Kier molecular flexibility index (Phi) is 4.79. The average molecular weight is 425 g/mol. The van der Waals surface area contributed by atoms with Crippen molar-refractivity contribution >= 4 is 54.0 Å². The van der Waals surface area contributed by atoms with Crippen LogP contribution in [-0.4, -0.2) is 7.05 Å². The van der Waals surface area contributed by atoms with Crippen LogP contribution in [0.5, 0.6) is 0 Å². The summed E-state index contributed by atoms with van der Waals surface area (Å²) in [5.74, 6) is 0. The fourth-order valence-electron chi connectivity index (χ4n) is 2.56. The largest absolute Gasteiger partial charge is 0.313 e. The van der Waals surface area contributed by atoms with Crippen LogP contribution in [0.25, 0.3) is 10.8 Å². The zero-order chi connectivity index (χ0) is 14.8. The fraction of sp³-hybridized carbons (Fsp3) is 0.176. The third-order valence-electron chi connectivity index (χ3n) is 3.66. The second-order valence-electron chi connectivity index (χ2n) is 5.01. The first-order valence-corrected chi connectivity index (χ1v) is 9.17. The molecule has 0 saturated carbocycles. The number of halogens is 2. The Morgan fingerprint density at radius 3 is 2.48 bits per heavy atom. The van der Waals surface area contributed by atoms with Crippen LogP contribution >= 0.6 is 43.2 Å². The molecule has 108 valence electrons. The zero-order valence-corrected chi connectivity index (χ0v) is 15.6. The number of thiophene rings is 1. The Labute approximate surface area is 145 Å². The lowest BCUT2D eigenvalue weighted by Gasteiger charge is -2.16. The number of hydrogen-bond donors (Lipinski definition) is 1. The maximum Gasteiger partial charge on any atom is 0.0758 e. The Balaban J connectivity index is 1.90. The van der Waals surface area contributed by atoms with E-state index in [1.165, 1.54) is 25.7 Å². The molecule has 0 fully saturated rings. The number of hydrogen-bond acceptors (Lipinski definition) is 2. The minimum Gasteiger partial charge on any atom is -0.313 e. The molecular formula is C17H15Br2NS. The van der Waals surface area contributed by atoms with Crippen LogP contribution in [-0.2, 0) is 6.42 Å². The standard InChI is InChI=1S/C17H15Br2NS/c1-20-15(14-10-16(18)21-17(14)19)9-11-6-7-12-4-2-3-5-13(12)8-11/h2-8,10,15,20H,9H2,1H3. The van der Waals surface area contributed by atoms with Gasteiger partial charge in [0.1, 0.15) is 0 Å². The molecule has 1 N–H and O–H groups in total. The normalized spacial score (nSPS) is 12.7. The number of nitrogens with one attached hydrogen (secondary N) is 1.